The Morgan fingerprint density at radius 2 is 1.95 bits per heavy atom. The van der Waals surface area contributed by atoms with Crippen molar-refractivity contribution in [2.24, 2.45) is 5.73 Å². The highest BCUT2D eigenvalue weighted by atomic mass is 16.1. The Balaban J connectivity index is 2.28. The van der Waals surface area contributed by atoms with Crippen molar-refractivity contribution in [2.45, 2.75) is 33.7 Å². The normalized spacial score (nSPS) is 12.0. The molecule has 2 aromatic rings. The molecule has 1 unspecified atom stereocenters. The van der Waals surface area contributed by atoms with Gasteiger partial charge in [0.2, 0.25) is 5.91 Å². The van der Waals surface area contributed by atoms with Crippen LogP contribution in [0.4, 0.5) is 5.69 Å². The minimum Gasteiger partial charge on any atom is -0.378 e. The lowest BCUT2D eigenvalue weighted by Gasteiger charge is -2.20. The van der Waals surface area contributed by atoms with Crippen molar-refractivity contribution in [3.8, 4) is 0 Å². The van der Waals surface area contributed by atoms with Gasteiger partial charge < -0.3 is 11.1 Å². The summed E-state index contributed by atoms with van der Waals surface area (Å²) in [6.45, 7) is 8.20. The molecule has 0 bridgehead atoms. The van der Waals surface area contributed by atoms with Gasteiger partial charge in [-0.3, -0.25) is 9.78 Å². The van der Waals surface area contributed by atoms with E-state index in [2.05, 4.69) is 30.2 Å². The number of primary amides is 1. The third-order valence-corrected chi connectivity index (χ3v) is 3.55. The molecule has 110 valence electrons. The van der Waals surface area contributed by atoms with E-state index < -0.39 is 5.91 Å². The number of hydrogen-bond acceptors (Lipinski definition) is 3. The summed E-state index contributed by atoms with van der Waals surface area (Å²) in [4.78, 5) is 15.8. The molecule has 0 saturated carbocycles. The lowest BCUT2D eigenvalue weighted by atomic mass is 10.00. The van der Waals surface area contributed by atoms with Crippen molar-refractivity contribution in [3.05, 3.63) is 58.4 Å². The van der Waals surface area contributed by atoms with E-state index in [0.717, 1.165) is 17.1 Å². The fourth-order valence-corrected chi connectivity index (χ4v) is 2.77. The molecule has 0 radical (unpaired) electrons. The summed E-state index contributed by atoms with van der Waals surface area (Å²) in [5, 5.41) is 3.41. The van der Waals surface area contributed by atoms with Crippen LogP contribution in [-0.4, -0.2) is 10.9 Å². The zero-order chi connectivity index (χ0) is 15.6. The number of hydrogen-bond donors (Lipinski definition) is 2. The SMILES string of the molecule is Cc1cc(C)c(C(C)Nc2cccc(C(N)=O)c2)c(C)n1. The third-order valence-electron chi connectivity index (χ3n) is 3.55. The molecule has 0 spiro atoms. The lowest BCUT2D eigenvalue weighted by Crippen LogP contribution is -2.14. The third kappa shape index (κ3) is 3.40. The number of nitrogens with one attached hydrogen (secondary N) is 1. The maximum atomic E-state index is 11.2. The molecule has 3 N–H and O–H groups in total. The Morgan fingerprint density at radius 3 is 2.57 bits per heavy atom. The quantitative estimate of drug-likeness (QED) is 0.904. The zero-order valence-electron chi connectivity index (χ0n) is 12.9. The van der Waals surface area contributed by atoms with Gasteiger partial charge in [0.15, 0.2) is 0 Å². The average molecular weight is 283 g/mol. The van der Waals surface area contributed by atoms with Crippen LogP contribution in [0.15, 0.2) is 30.3 Å². The van der Waals surface area contributed by atoms with Crippen molar-refractivity contribution in [2.75, 3.05) is 5.32 Å². The predicted octanol–water partition coefficient (Wildman–Crippen LogP) is 3.28. The lowest BCUT2D eigenvalue weighted by molar-refractivity contribution is 0.100. The van der Waals surface area contributed by atoms with Gasteiger partial charge >= 0.3 is 0 Å². The van der Waals surface area contributed by atoms with Gasteiger partial charge in [-0.05, 0) is 63.1 Å². The number of aryl methyl sites for hydroxylation is 3. The first-order valence-electron chi connectivity index (χ1n) is 6.99. The molecular formula is C17H21N3O. The summed E-state index contributed by atoms with van der Waals surface area (Å²) in [6, 6.07) is 9.41. The number of carbonyl (C=O) groups is 1. The number of pyridine rings is 1. The highest BCUT2D eigenvalue weighted by Crippen LogP contribution is 2.25. The van der Waals surface area contributed by atoms with Crippen molar-refractivity contribution < 1.29 is 4.79 Å². The molecule has 1 aromatic heterocycles. The van der Waals surface area contributed by atoms with E-state index >= 15 is 0 Å². The minimum absolute atomic E-state index is 0.0984. The molecule has 1 amide bonds. The molecule has 1 aromatic carbocycles. The first kappa shape index (κ1) is 15.0. The monoisotopic (exact) mass is 283 g/mol. The van der Waals surface area contributed by atoms with Crippen LogP contribution >= 0.6 is 0 Å². The van der Waals surface area contributed by atoms with E-state index in [4.69, 9.17) is 5.73 Å². The fraction of sp³-hybridized carbons (Fsp3) is 0.294. The largest absolute Gasteiger partial charge is 0.378 e. The Labute approximate surface area is 125 Å². The second-order valence-corrected chi connectivity index (χ2v) is 5.39. The molecule has 2 rings (SSSR count). The fourth-order valence-electron chi connectivity index (χ4n) is 2.77. The summed E-state index contributed by atoms with van der Waals surface area (Å²) in [5.41, 5.74) is 11.1. The molecular weight excluding hydrogens is 262 g/mol. The maximum Gasteiger partial charge on any atom is 0.248 e. The van der Waals surface area contributed by atoms with Crippen LogP contribution in [0.1, 0.15) is 45.8 Å². The molecule has 4 heteroatoms. The maximum absolute atomic E-state index is 11.2. The summed E-state index contributed by atoms with van der Waals surface area (Å²) < 4.78 is 0. The van der Waals surface area contributed by atoms with Crippen LogP contribution < -0.4 is 11.1 Å². The van der Waals surface area contributed by atoms with Gasteiger partial charge in [-0.25, -0.2) is 0 Å². The Hall–Kier alpha value is -2.36. The minimum atomic E-state index is -0.421. The number of aromatic nitrogens is 1. The van der Waals surface area contributed by atoms with Gasteiger partial charge in [0.1, 0.15) is 0 Å². The Kier molecular flexibility index (Phi) is 4.26. The average Bonchev–Trinajstić information content (AvgIpc) is 2.37. The molecule has 1 heterocycles. The van der Waals surface area contributed by atoms with E-state index in [0.29, 0.717) is 5.56 Å². The molecule has 0 aliphatic heterocycles. The summed E-state index contributed by atoms with van der Waals surface area (Å²) in [7, 11) is 0. The van der Waals surface area contributed by atoms with Crippen LogP contribution in [0.3, 0.4) is 0 Å². The van der Waals surface area contributed by atoms with Gasteiger partial charge in [-0.15, -0.1) is 0 Å². The Morgan fingerprint density at radius 1 is 1.24 bits per heavy atom. The van der Waals surface area contributed by atoms with Crippen LogP contribution in [0, 0.1) is 20.8 Å². The van der Waals surface area contributed by atoms with Gasteiger partial charge in [0.05, 0.1) is 6.04 Å². The first-order valence-corrected chi connectivity index (χ1v) is 6.99. The van der Waals surface area contributed by atoms with Gasteiger partial charge in [-0.2, -0.15) is 0 Å². The number of rotatable bonds is 4. The van der Waals surface area contributed by atoms with Crippen molar-refractivity contribution in [1.82, 2.24) is 4.98 Å². The number of amides is 1. The summed E-state index contributed by atoms with van der Waals surface area (Å²) in [6.07, 6.45) is 0. The summed E-state index contributed by atoms with van der Waals surface area (Å²) >= 11 is 0. The van der Waals surface area contributed by atoms with Gasteiger partial charge in [0.25, 0.3) is 0 Å². The molecule has 1 atom stereocenters. The highest BCUT2D eigenvalue weighted by Gasteiger charge is 2.13. The molecule has 4 nitrogen and oxygen atoms in total. The van der Waals surface area contributed by atoms with Crippen LogP contribution in [-0.2, 0) is 0 Å². The van der Waals surface area contributed by atoms with E-state index in [1.165, 1.54) is 11.1 Å². The molecule has 0 aliphatic rings. The van der Waals surface area contributed by atoms with Crippen LogP contribution in [0.5, 0.6) is 0 Å². The van der Waals surface area contributed by atoms with E-state index in [1.807, 2.05) is 26.0 Å². The van der Waals surface area contributed by atoms with Crippen molar-refractivity contribution in [3.63, 3.8) is 0 Å². The van der Waals surface area contributed by atoms with E-state index in [9.17, 15) is 4.79 Å². The Bertz CT molecular complexity index is 656. The topological polar surface area (TPSA) is 68.0 Å². The number of benzene rings is 1. The number of nitrogens with zero attached hydrogens (tertiary/aromatic N) is 1. The van der Waals surface area contributed by atoms with Crippen LogP contribution in [0.2, 0.25) is 0 Å². The highest BCUT2D eigenvalue weighted by molar-refractivity contribution is 5.93. The van der Waals surface area contributed by atoms with Crippen molar-refractivity contribution in [1.29, 1.82) is 0 Å². The second-order valence-electron chi connectivity index (χ2n) is 5.39. The van der Waals surface area contributed by atoms with Crippen LogP contribution in [0.25, 0.3) is 0 Å². The standard InChI is InChI=1S/C17H21N3O/c1-10-8-11(2)19-12(3)16(10)13(4)20-15-7-5-6-14(9-15)17(18)21/h5-9,13,20H,1-4H3,(H2,18,21). The molecule has 21 heavy (non-hydrogen) atoms. The smallest absolute Gasteiger partial charge is 0.248 e. The molecule has 0 saturated heterocycles. The first-order chi connectivity index (χ1) is 9.88. The number of carbonyl (C=O) groups excluding carboxylic acids is 1. The van der Waals surface area contributed by atoms with E-state index in [1.54, 1.807) is 12.1 Å². The number of anilines is 1. The zero-order valence-corrected chi connectivity index (χ0v) is 12.9. The molecule has 0 fully saturated rings. The predicted molar refractivity (Wildman–Crippen MR) is 85.4 cm³/mol. The summed E-state index contributed by atoms with van der Waals surface area (Å²) in [5.74, 6) is -0.421. The number of nitrogens with two attached hydrogens (primary N) is 1. The molecule has 0 aliphatic carbocycles. The van der Waals surface area contributed by atoms with Crippen molar-refractivity contribution >= 4 is 11.6 Å². The van der Waals surface area contributed by atoms with Gasteiger partial charge in [-0.1, -0.05) is 6.07 Å². The second kappa shape index (κ2) is 5.95. The van der Waals surface area contributed by atoms with E-state index in [-0.39, 0.29) is 6.04 Å². The van der Waals surface area contributed by atoms with Gasteiger partial charge in [0, 0.05) is 22.6 Å².